The number of nitrogens with one attached hydrogen (secondary N) is 1. The van der Waals surface area contributed by atoms with Crippen LogP contribution in [0.3, 0.4) is 0 Å². The highest BCUT2D eigenvalue weighted by atomic mass is 32.2. The molecular weight excluding hydrogens is 281 g/mol. The second kappa shape index (κ2) is 6.19. The number of rotatable bonds is 6. The minimum Gasteiger partial charge on any atom is -0.460 e. The van der Waals surface area contributed by atoms with Gasteiger partial charge in [-0.3, -0.25) is 0 Å². The zero-order chi connectivity index (χ0) is 14.6. The highest BCUT2D eigenvalue weighted by molar-refractivity contribution is 7.90. The lowest BCUT2D eigenvalue weighted by Crippen LogP contribution is -2.21. The van der Waals surface area contributed by atoms with Crippen molar-refractivity contribution in [1.82, 2.24) is 5.32 Å². The van der Waals surface area contributed by atoms with E-state index < -0.39 is 9.84 Å². The Bertz CT molecular complexity index is 662. The molecule has 6 heteroatoms. The van der Waals surface area contributed by atoms with Gasteiger partial charge >= 0.3 is 0 Å². The molecule has 108 valence electrons. The molecule has 0 saturated heterocycles. The van der Waals surface area contributed by atoms with Crippen molar-refractivity contribution < 1.29 is 17.2 Å². The Morgan fingerprint density at radius 1 is 1.15 bits per heavy atom. The molecule has 20 heavy (non-hydrogen) atoms. The lowest BCUT2D eigenvalue weighted by Gasteiger charge is -2.01. The van der Waals surface area contributed by atoms with Crippen LogP contribution >= 0.6 is 0 Å². The van der Waals surface area contributed by atoms with Crippen LogP contribution < -0.4 is 5.32 Å². The zero-order valence-corrected chi connectivity index (χ0v) is 11.9. The van der Waals surface area contributed by atoms with Crippen molar-refractivity contribution in [2.24, 2.45) is 0 Å². The van der Waals surface area contributed by atoms with Gasteiger partial charge in [-0.05, 0) is 36.4 Å². The molecule has 1 aromatic heterocycles. The third kappa shape index (κ3) is 4.47. The summed E-state index contributed by atoms with van der Waals surface area (Å²) >= 11 is 0. The molecule has 0 radical (unpaired) electrons. The quantitative estimate of drug-likeness (QED) is 0.831. The SMILES string of the molecule is CS(=O)(=O)CCNCc1ccc(-c2ccc(F)cc2)o1. The van der Waals surface area contributed by atoms with Gasteiger partial charge in [0.15, 0.2) is 0 Å². The highest BCUT2D eigenvalue weighted by Crippen LogP contribution is 2.22. The Morgan fingerprint density at radius 2 is 1.85 bits per heavy atom. The van der Waals surface area contributed by atoms with Gasteiger partial charge in [-0.25, -0.2) is 12.8 Å². The van der Waals surface area contributed by atoms with E-state index in [0.29, 0.717) is 24.6 Å². The maximum atomic E-state index is 12.8. The van der Waals surface area contributed by atoms with Crippen LogP contribution in [0.15, 0.2) is 40.8 Å². The van der Waals surface area contributed by atoms with E-state index in [1.54, 1.807) is 18.2 Å². The first-order valence-corrected chi connectivity index (χ1v) is 8.23. The molecule has 1 aromatic carbocycles. The van der Waals surface area contributed by atoms with Crippen LogP contribution in [0, 0.1) is 5.82 Å². The fraction of sp³-hybridized carbons (Fsp3) is 0.286. The highest BCUT2D eigenvalue weighted by Gasteiger charge is 2.06. The number of furan rings is 1. The van der Waals surface area contributed by atoms with Crippen molar-refractivity contribution in [1.29, 1.82) is 0 Å². The summed E-state index contributed by atoms with van der Waals surface area (Å²) in [5.41, 5.74) is 0.800. The van der Waals surface area contributed by atoms with Crippen LogP contribution in [-0.4, -0.2) is 27.0 Å². The normalized spacial score (nSPS) is 11.7. The summed E-state index contributed by atoms with van der Waals surface area (Å²) in [6.07, 6.45) is 1.20. The summed E-state index contributed by atoms with van der Waals surface area (Å²) in [5, 5.41) is 3.00. The van der Waals surface area contributed by atoms with Crippen LogP contribution in [0.5, 0.6) is 0 Å². The summed E-state index contributed by atoms with van der Waals surface area (Å²) in [6.45, 7) is 0.835. The molecule has 0 amide bonds. The molecule has 1 N–H and O–H groups in total. The molecule has 0 bridgehead atoms. The molecule has 0 atom stereocenters. The molecule has 4 nitrogen and oxygen atoms in total. The first-order valence-electron chi connectivity index (χ1n) is 6.17. The predicted molar refractivity (Wildman–Crippen MR) is 75.5 cm³/mol. The summed E-state index contributed by atoms with van der Waals surface area (Å²) in [6, 6.07) is 9.67. The third-order valence-electron chi connectivity index (χ3n) is 2.74. The van der Waals surface area contributed by atoms with Crippen LogP contribution in [0.2, 0.25) is 0 Å². The lowest BCUT2D eigenvalue weighted by atomic mass is 10.2. The maximum Gasteiger partial charge on any atom is 0.148 e. The number of halogens is 1. The van der Waals surface area contributed by atoms with Crippen molar-refractivity contribution >= 4 is 9.84 Å². The summed E-state index contributed by atoms with van der Waals surface area (Å²) in [7, 11) is -2.95. The second-order valence-corrected chi connectivity index (χ2v) is 6.84. The first-order chi connectivity index (χ1) is 9.44. The van der Waals surface area contributed by atoms with E-state index in [9.17, 15) is 12.8 Å². The number of sulfone groups is 1. The van der Waals surface area contributed by atoms with E-state index in [-0.39, 0.29) is 11.6 Å². The molecule has 0 aliphatic rings. The maximum absolute atomic E-state index is 12.8. The predicted octanol–water partition coefficient (Wildman–Crippen LogP) is 2.22. The van der Waals surface area contributed by atoms with E-state index in [4.69, 9.17) is 4.42 Å². The van der Waals surface area contributed by atoms with Crippen molar-refractivity contribution in [2.45, 2.75) is 6.54 Å². The second-order valence-electron chi connectivity index (χ2n) is 4.58. The van der Waals surface area contributed by atoms with Gasteiger partial charge in [-0.2, -0.15) is 0 Å². The molecule has 0 aliphatic heterocycles. The molecule has 0 unspecified atom stereocenters. The summed E-state index contributed by atoms with van der Waals surface area (Å²) in [4.78, 5) is 0. The zero-order valence-electron chi connectivity index (χ0n) is 11.1. The number of hydrogen-bond acceptors (Lipinski definition) is 4. The smallest absolute Gasteiger partial charge is 0.148 e. The van der Waals surface area contributed by atoms with E-state index in [0.717, 1.165) is 5.56 Å². The van der Waals surface area contributed by atoms with Gasteiger partial charge < -0.3 is 9.73 Å². The van der Waals surface area contributed by atoms with Crippen molar-refractivity contribution in [3.63, 3.8) is 0 Å². The van der Waals surface area contributed by atoms with Crippen LogP contribution in [0.25, 0.3) is 11.3 Å². The van der Waals surface area contributed by atoms with Crippen molar-refractivity contribution in [2.75, 3.05) is 18.6 Å². The van der Waals surface area contributed by atoms with Gasteiger partial charge in [0.1, 0.15) is 27.2 Å². The Balaban J connectivity index is 1.91. The fourth-order valence-corrected chi connectivity index (χ4v) is 2.23. The molecule has 0 aliphatic carbocycles. The Morgan fingerprint density at radius 3 is 2.50 bits per heavy atom. The summed E-state index contributed by atoms with van der Waals surface area (Å²) < 4.78 is 40.4. The van der Waals surface area contributed by atoms with Crippen LogP contribution in [0.4, 0.5) is 4.39 Å². The standard InChI is InChI=1S/C14H16FNO3S/c1-20(17,18)9-8-16-10-13-6-7-14(19-13)11-2-4-12(15)5-3-11/h2-7,16H,8-10H2,1H3. The molecule has 2 rings (SSSR count). The molecule has 0 saturated carbocycles. The van der Waals surface area contributed by atoms with Gasteiger partial charge in [0.25, 0.3) is 0 Å². The minimum atomic E-state index is -2.95. The lowest BCUT2D eigenvalue weighted by molar-refractivity contribution is 0.497. The number of benzene rings is 1. The fourth-order valence-electron chi connectivity index (χ4n) is 1.71. The van der Waals surface area contributed by atoms with E-state index >= 15 is 0 Å². The van der Waals surface area contributed by atoms with E-state index in [1.165, 1.54) is 18.4 Å². The minimum absolute atomic E-state index is 0.0958. The average molecular weight is 297 g/mol. The molecule has 2 aromatic rings. The topological polar surface area (TPSA) is 59.3 Å². The Kier molecular flexibility index (Phi) is 4.57. The molecular formula is C14H16FNO3S. The van der Waals surface area contributed by atoms with Crippen molar-refractivity contribution in [3.8, 4) is 11.3 Å². The van der Waals surface area contributed by atoms with Gasteiger partial charge in [0, 0.05) is 18.4 Å². The van der Waals surface area contributed by atoms with Crippen LogP contribution in [0.1, 0.15) is 5.76 Å². The summed E-state index contributed by atoms with van der Waals surface area (Å²) in [5.74, 6) is 1.17. The van der Waals surface area contributed by atoms with Gasteiger partial charge in [0.2, 0.25) is 0 Å². The largest absolute Gasteiger partial charge is 0.460 e. The van der Waals surface area contributed by atoms with Gasteiger partial charge in [0.05, 0.1) is 12.3 Å². The molecule has 0 fully saturated rings. The molecule has 0 spiro atoms. The van der Waals surface area contributed by atoms with Crippen LogP contribution in [-0.2, 0) is 16.4 Å². The van der Waals surface area contributed by atoms with Gasteiger partial charge in [-0.15, -0.1) is 0 Å². The Hall–Kier alpha value is -1.66. The Labute approximate surface area is 117 Å². The van der Waals surface area contributed by atoms with E-state index in [2.05, 4.69) is 5.32 Å². The monoisotopic (exact) mass is 297 g/mol. The number of hydrogen-bond donors (Lipinski definition) is 1. The van der Waals surface area contributed by atoms with Gasteiger partial charge in [-0.1, -0.05) is 0 Å². The average Bonchev–Trinajstić information content (AvgIpc) is 2.83. The third-order valence-corrected chi connectivity index (χ3v) is 3.68. The molecule has 1 heterocycles. The first kappa shape index (κ1) is 14.7. The van der Waals surface area contributed by atoms with Crippen molar-refractivity contribution in [3.05, 3.63) is 48.0 Å². The van der Waals surface area contributed by atoms with E-state index in [1.807, 2.05) is 6.07 Å².